The molecule has 0 spiro atoms. The molecule has 0 fully saturated rings. The van der Waals surface area contributed by atoms with E-state index in [9.17, 15) is 22.0 Å². The summed E-state index contributed by atoms with van der Waals surface area (Å²) in [6, 6.07) is 51.2. The summed E-state index contributed by atoms with van der Waals surface area (Å²) in [7, 11) is -9.39. The molecular formula is C92H143BrClF5O27Si7. The third kappa shape index (κ3) is 38.8. The molecule has 0 N–H and O–H groups in total. The van der Waals surface area contributed by atoms with Gasteiger partial charge in [0.25, 0.3) is 0 Å². The number of benzene rings is 8. The molecule has 0 bridgehead atoms. The first kappa shape index (κ1) is 123. The Bertz CT molecular complexity index is 4240. The predicted octanol–water partition coefficient (Wildman–Crippen LogP) is 16.5. The second kappa shape index (κ2) is 68.3. The Labute approximate surface area is 807 Å². The van der Waals surface area contributed by atoms with Crippen LogP contribution in [0.4, 0.5) is 22.0 Å². The number of hydrogen-bond donors (Lipinski definition) is 0. The van der Waals surface area contributed by atoms with E-state index in [1.165, 1.54) is 20.8 Å². The fourth-order valence-electron chi connectivity index (χ4n) is 12.7. The quantitative estimate of drug-likeness (QED) is 0.0113. The summed E-state index contributed by atoms with van der Waals surface area (Å²) in [5.74, 6) is -7.16. The minimum atomic E-state index is -4.24. The fourth-order valence-corrected chi connectivity index (χ4v) is 30.0. The zero-order chi connectivity index (χ0) is 99.4. The molecule has 0 unspecified atom stereocenters. The van der Waals surface area contributed by atoms with Crippen LogP contribution in [-0.4, -0.2) is 244 Å². The van der Waals surface area contributed by atoms with Crippen LogP contribution in [0.15, 0.2) is 162 Å². The first-order valence-corrected chi connectivity index (χ1v) is 57.9. The first-order chi connectivity index (χ1) is 64.0. The van der Waals surface area contributed by atoms with Gasteiger partial charge in [0.15, 0.2) is 36.9 Å². The standard InChI is InChI=1S/C18H26O5Si.C14H24O5Si.C14H24O4Si.C13H22O4Si.C12H19ClO3Si.C12H15F5O3Si.C9H13BrO3Si/c1-5-21-24(22-6-2,23-7-3)18-11-9-15-12-17(20-14-19-4)10-8-16(15)13-18;1-5-17-20(18-6-2,19-7-3)14-10-8-13(9-11-14)16-12-15-4;1-5-16-19(17-6-2,18-7-3)12-13-8-10-14(15-4)11-9-13;1-5-15-18(16-6-2,17-7-3)13-10-8-12(14-4)9-11-13;1-4-14-17(15-5-2,16-6-3)12-9-7-11(13)8-10-12;1-4-18-21(19-5-2,20-6-3)12-10(16)8(14)7(13)9(15)11(12)17;1-11-14(12-2,13-3)9-6-4-8(10)5-7-9/h8-13H,5-7,14H2,1-4H3;8-11H,5-7,12H2,1-4H3;8-11H,5-7,12H2,1-4H3;8-11H,5-7H2,1-4H3;7-10H,4-6H2,1-3H3;4-6H2,1-3H3;4-7H,1-3H3. The van der Waals surface area contributed by atoms with Gasteiger partial charge in [0.2, 0.25) is 5.82 Å². The minimum Gasteiger partial charge on any atom is -0.497 e. The molecule has 8 rings (SSSR count). The Morgan fingerprint density at radius 3 is 0.820 bits per heavy atom. The zero-order valence-electron chi connectivity index (χ0n) is 82.0. The number of ether oxygens (including phenoxy) is 6. The highest BCUT2D eigenvalue weighted by Crippen LogP contribution is 2.27. The molecule has 0 saturated heterocycles. The number of halogens is 7. The molecule has 8 aromatic rings. The smallest absolute Gasteiger partial charge is 0.497 e. The van der Waals surface area contributed by atoms with E-state index < -0.39 is 95.9 Å². The van der Waals surface area contributed by atoms with E-state index in [1.807, 2.05) is 256 Å². The van der Waals surface area contributed by atoms with Crippen molar-refractivity contribution in [3.8, 4) is 23.0 Å². The van der Waals surface area contributed by atoms with Crippen LogP contribution in [0.1, 0.15) is 130 Å². The molecule has 0 heterocycles. The monoisotopic (exact) mass is 2080 g/mol. The molecule has 0 radical (unpaired) electrons. The topological polar surface area (TPSA) is 249 Å². The molecule has 0 atom stereocenters. The summed E-state index contributed by atoms with van der Waals surface area (Å²) in [5, 5.41) is 6.49. The van der Waals surface area contributed by atoms with Crippen LogP contribution in [0.2, 0.25) is 5.02 Å². The van der Waals surface area contributed by atoms with Gasteiger partial charge in [-0.1, -0.05) is 106 Å². The number of rotatable bonds is 55. The van der Waals surface area contributed by atoms with Crippen molar-refractivity contribution < 1.29 is 143 Å². The van der Waals surface area contributed by atoms with Gasteiger partial charge in [-0.05, 0) is 220 Å². The van der Waals surface area contributed by atoms with Crippen LogP contribution in [0, 0.1) is 29.1 Å². The van der Waals surface area contributed by atoms with Crippen molar-refractivity contribution in [1.29, 1.82) is 0 Å². The molecule has 27 nitrogen and oxygen atoms in total. The van der Waals surface area contributed by atoms with Crippen molar-refractivity contribution in [1.82, 2.24) is 0 Å². The van der Waals surface area contributed by atoms with E-state index in [2.05, 4.69) is 22.0 Å². The van der Waals surface area contributed by atoms with E-state index in [0.717, 1.165) is 69.7 Å². The van der Waals surface area contributed by atoms with E-state index in [-0.39, 0.29) is 33.4 Å². The number of hydrogen-bond acceptors (Lipinski definition) is 27. The van der Waals surface area contributed by atoms with Crippen molar-refractivity contribution in [3.63, 3.8) is 0 Å². The van der Waals surface area contributed by atoms with Crippen molar-refractivity contribution >= 4 is 131 Å². The Balaban J connectivity index is 0.000000528. The normalized spacial score (nSPS) is 11.7. The van der Waals surface area contributed by atoms with Gasteiger partial charge in [-0.15, -0.1) is 0 Å². The summed E-state index contributed by atoms with van der Waals surface area (Å²) in [5.41, 5.74) is 1.14. The highest BCUT2D eigenvalue weighted by Gasteiger charge is 2.52. The summed E-state index contributed by atoms with van der Waals surface area (Å²) in [6.45, 7) is 42.5. The van der Waals surface area contributed by atoms with Crippen LogP contribution < -0.4 is 50.1 Å². The van der Waals surface area contributed by atoms with Crippen LogP contribution in [0.3, 0.4) is 0 Å². The maximum Gasteiger partial charge on any atom is 0.543 e. The van der Waals surface area contributed by atoms with Crippen molar-refractivity contribution in [3.05, 3.63) is 202 Å². The lowest BCUT2D eigenvalue weighted by Crippen LogP contribution is -2.60. The summed E-state index contributed by atoms with van der Waals surface area (Å²) in [6.07, 6.45) is 0. The van der Waals surface area contributed by atoms with Gasteiger partial charge < -0.3 is 121 Å². The highest BCUT2D eigenvalue weighted by molar-refractivity contribution is 9.10. The van der Waals surface area contributed by atoms with Crippen LogP contribution >= 0.6 is 27.5 Å². The Morgan fingerprint density at radius 2 is 0.504 bits per heavy atom. The average Bonchev–Trinajstić information content (AvgIpc) is 0.760. The van der Waals surface area contributed by atoms with Crippen molar-refractivity contribution in [2.75, 3.05) is 182 Å². The maximum absolute atomic E-state index is 13.9. The molecule has 750 valence electrons. The second-order valence-electron chi connectivity index (χ2n) is 26.5. The Kier molecular flexibility index (Phi) is 63.3. The molecular weight excluding hydrogens is 1940 g/mol. The van der Waals surface area contributed by atoms with Gasteiger partial charge in [-0.3, -0.25) is 0 Å². The average molecular weight is 2090 g/mol. The molecule has 0 saturated carbocycles. The van der Waals surface area contributed by atoms with E-state index in [0.29, 0.717) is 110 Å². The van der Waals surface area contributed by atoms with Crippen LogP contribution in [-0.2, 0) is 108 Å². The second-order valence-corrected chi connectivity index (χ2v) is 46.0. The van der Waals surface area contributed by atoms with Crippen LogP contribution in [0.5, 0.6) is 23.0 Å². The lowest BCUT2D eigenvalue weighted by Gasteiger charge is -2.29. The van der Waals surface area contributed by atoms with Gasteiger partial charge in [0, 0.05) is 196 Å². The first-order valence-electron chi connectivity index (χ1n) is 44.4. The van der Waals surface area contributed by atoms with Gasteiger partial charge in [0.1, 0.15) is 28.2 Å². The Hall–Kier alpha value is -5.76. The number of methoxy groups -OCH3 is 4. The van der Waals surface area contributed by atoms with Gasteiger partial charge >= 0.3 is 61.6 Å². The van der Waals surface area contributed by atoms with E-state index in [4.69, 9.17) is 133 Å². The highest BCUT2D eigenvalue weighted by atomic mass is 79.9. The predicted molar refractivity (Wildman–Crippen MR) is 525 cm³/mol. The summed E-state index contributed by atoms with van der Waals surface area (Å²) < 4.78 is 219. The van der Waals surface area contributed by atoms with Gasteiger partial charge in [-0.25, -0.2) is 22.0 Å². The molecule has 41 heteroatoms. The molecule has 0 aliphatic heterocycles. The molecule has 0 aliphatic carbocycles. The molecule has 133 heavy (non-hydrogen) atoms. The van der Waals surface area contributed by atoms with Crippen molar-refractivity contribution in [2.45, 2.75) is 131 Å². The lowest BCUT2D eigenvalue weighted by atomic mass is 10.1. The fraction of sp³-hybridized carbons (Fsp3) is 0.500. The maximum atomic E-state index is 13.9. The third-order valence-corrected chi connectivity index (χ3v) is 39.6. The lowest BCUT2D eigenvalue weighted by molar-refractivity contribution is 0.0510. The molecule has 0 aliphatic rings. The molecule has 0 amide bonds. The molecule has 8 aromatic carbocycles. The van der Waals surface area contributed by atoms with Gasteiger partial charge in [-0.2, -0.15) is 0 Å². The molecule has 0 aromatic heterocycles. The zero-order valence-corrected chi connectivity index (χ0v) is 91.4. The van der Waals surface area contributed by atoms with E-state index >= 15 is 0 Å². The van der Waals surface area contributed by atoms with Crippen molar-refractivity contribution in [2.24, 2.45) is 0 Å². The largest absolute Gasteiger partial charge is 0.543 e. The third-order valence-electron chi connectivity index (χ3n) is 17.9. The SMILES string of the molecule is CCO[Si](Cc1ccc(OC)cc1)(OCC)OCC.CCO[Si](OCC)(OCC)c1c(F)c(F)c(F)c(F)c1F.CCO[Si](OCC)(OCC)c1ccc(Cl)cc1.CCO[Si](OCC)(OCC)c1ccc(OC)cc1.CCO[Si](OCC)(OCC)c1ccc(OCOC)cc1.CCO[Si](OCC)(OCC)c1ccc2cc(OCOC)ccc2c1.CO[Si](OC)(OC)c1ccc(Br)cc1. The summed E-state index contributed by atoms with van der Waals surface area (Å²) in [4.78, 5) is 0. The Morgan fingerprint density at radius 1 is 0.256 bits per heavy atom. The summed E-state index contributed by atoms with van der Waals surface area (Å²) >= 11 is 9.26. The van der Waals surface area contributed by atoms with E-state index in [1.54, 1.807) is 49.8 Å². The van der Waals surface area contributed by atoms with Crippen LogP contribution in [0.25, 0.3) is 10.8 Å². The number of fused-ring (bicyclic) bond motifs is 1. The minimum absolute atomic E-state index is 0.0777. The van der Waals surface area contributed by atoms with Gasteiger partial charge in [0.05, 0.1) is 14.2 Å².